The number of rotatable bonds is 8. The monoisotopic (exact) mass is 383 g/mol. The summed E-state index contributed by atoms with van der Waals surface area (Å²) in [4.78, 5) is 23.9. The SMILES string of the molecule is COC(=O)c1ccc(-c2ncc(CN(C)CCOc3ccccc3)cn2)s1. The molecule has 1 aromatic carbocycles. The Kier molecular flexibility index (Phi) is 6.51. The fraction of sp³-hybridized carbons (Fsp3) is 0.250. The van der Waals surface area contributed by atoms with Gasteiger partial charge in [-0.05, 0) is 31.3 Å². The van der Waals surface area contributed by atoms with Gasteiger partial charge in [-0.3, -0.25) is 4.90 Å². The van der Waals surface area contributed by atoms with Crippen LogP contribution in [0.3, 0.4) is 0 Å². The lowest BCUT2D eigenvalue weighted by molar-refractivity contribution is 0.0606. The number of hydrogen-bond donors (Lipinski definition) is 0. The lowest BCUT2D eigenvalue weighted by Gasteiger charge is -2.16. The molecule has 0 unspecified atom stereocenters. The molecule has 0 aliphatic carbocycles. The van der Waals surface area contributed by atoms with Gasteiger partial charge in [0, 0.05) is 31.0 Å². The van der Waals surface area contributed by atoms with E-state index in [1.54, 1.807) is 6.07 Å². The number of methoxy groups -OCH3 is 1. The Labute approximate surface area is 162 Å². The summed E-state index contributed by atoms with van der Waals surface area (Å²) in [5.74, 6) is 1.14. The number of thiophene rings is 1. The second-order valence-corrected chi connectivity index (χ2v) is 7.05. The van der Waals surface area contributed by atoms with Crippen molar-refractivity contribution in [2.75, 3.05) is 27.3 Å². The first-order valence-electron chi connectivity index (χ1n) is 8.51. The van der Waals surface area contributed by atoms with E-state index in [-0.39, 0.29) is 5.97 Å². The zero-order chi connectivity index (χ0) is 19.1. The van der Waals surface area contributed by atoms with Gasteiger partial charge in [-0.15, -0.1) is 11.3 Å². The van der Waals surface area contributed by atoms with E-state index in [0.29, 0.717) is 17.3 Å². The maximum absolute atomic E-state index is 11.5. The van der Waals surface area contributed by atoms with Crippen molar-refractivity contribution in [3.05, 3.63) is 65.3 Å². The van der Waals surface area contributed by atoms with E-state index in [0.717, 1.165) is 29.3 Å². The average molecular weight is 383 g/mol. The van der Waals surface area contributed by atoms with E-state index < -0.39 is 0 Å². The Hall–Kier alpha value is -2.77. The summed E-state index contributed by atoms with van der Waals surface area (Å²) in [5, 5.41) is 0. The molecular formula is C20H21N3O3S. The summed E-state index contributed by atoms with van der Waals surface area (Å²) in [6.07, 6.45) is 3.63. The Morgan fingerprint density at radius 1 is 1.11 bits per heavy atom. The number of aromatic nitrogens is 2. The van der Waals surface area contributed by atoms with Crippen molar-refractivity contribution in [2.24, 2.45) is 0 Å². The molecular weight excluding hydrogens is 362 g/mol. The van der Waals surface area contributed by atoms with Crippen molar-refractivity contribution in [3.8, 4) is 16.5 Å². The fourth-order valence-corrected chi connectivity index (χ4v) is 3.33. The van der Waals surface area contributed by atoms with E-state index in [4.69, 9.17) is 9.47 Å². The normalized spacial score (nSPS) is 10.8. The van der Waals surface area contributed by atoms with Crippen LogP contribution in [0.25, 0.3) is 10.7 Å². The summed E-state index contributed by atoms with van der Waals surface area (Å²) < 4.78 is 10.4. The highest BCUT2D eigenvalue weighted by atomic mass is 32.1. The van der Waals surface area contributed by atoms with Crippen molar-refractivity contribution >= 4 is 17.3 Å². The summed E-state index contributed by atoms with van der Waals surface area (Å²) in [6, 6.07) is 13.3. The topological polar surface area (TPSA) is 64.5 Å². The van der Waals surface area contributed by atoms with Crippen LogP contribution in [0.1, 0.15) is 15.2 Å². The van der Waals surface area contributed by atoms with Crippen molar-refractivity contribution in [3.63, 3.8) is 0 Å². The van der Waals surface area contributed by atoms with Crippen LogP contribution in [0, 0.1) is 0 Å². The third-order valence-corrected chi connectivity index (χ3v) is 4.92. The zero-order valence-corrected chi connectivity index (χ0v) is 16.1. The lowest BCUT2D eigenvalue weighted by atomic mass is 10.3. The van der Waals surface area contributed by atoms with Gasteiger partial charge in [-0.1, -0.05) is 18.2 Å². The Morgan fingerprint density at radius 2 is 1.85 bits per heavy atom. The molecule has 0 fully saturated rings. The Bertz CT molecular complexity index is 866. The molecule has 0 atom stereocenters. The molecule has 27 heavy (non-hydrogen) atoms. The van der Waals surface area contributed by atoms with Gasteiger partial charge < -0.3 is 9.47 Å². The molecule has 0 amide bonds. The Balaban J connectivity index is 1.51. The van der Waals surface area contributed by atoms with E-state index in [9.17, 15) is 4.79 Å². The molecule has 3 rings (SSSR count). The summed E-state index contributed by atoms with van der Waals surface area (Å²) >= 11 is 1.32. The highest BCUT2D eigenvalue weighted by Crippen LogP contribution is 2.25. The van der Waals surface area contributed by atoms with Gasteiger partial charge in [0.25, 0.3) is 0 Å². The molecule has 140 valence electrons. The van der Waals surface area contributed by atoms with Crippen molar-refractivity contribution in [2.45, 2.75) is 6.54 Å². The minimum atomic E-state index is -0.345. The predicted molar refractivity (Wildman–Crippen MR) is 105 cm³/mol. The van der Waals surface area contributed by atoms with Gasteiger partial charge >= 0.3 is 5.97 Å². The van der Waals surface area contributed by atoms with E-state index in [2.05, 4.69) is 14.9 Å². The van der Waals surface area contributed by atoms with Crippen LogP contribution in [0.4, 0.5) is 0 Å². The molecule has 0 saturated heterocycles. The molecule has 0 saturated carbocycles. The first kappa shape index (κ1) is 19.0. The number of hydrogen-bond acceptors (Lipinski definition) is 7. The maximum atomic E-state index is 11.5. The van der Waals surface area contributed by atoms with Crippen molar-refractivity contribution < 1.29 is 14.3 Å². The summed E-state index contributed by atoms with van der Waals surface area (Å²) in [5.41, 5.74) is 1.02. The molecule has 3 aromatic rings. The largest absolute Gasteiger partial charge is 0.492 e. The molecule has 0 N–H and O–H groups in total. The zero-order valence-electron chi connectivity index (χ0n) is 15.3. The second-order valence-electron chi connectivity index (χ2n) is 5.97. The van der Waals surface area contributed by atoms with Gasteiger partial charge in [0.15, 0.2) is 5.82 Å². The second kappa shape index (κ2) is 9.25. The van der Waals surface area contributed by atoms with Crippen LogP contribution in [-0.4, -0.2) is 48.1 Å². The standard InChI is InChI=1S/C20H21N3O3S/c1-23(10-11-26-16-6-4-3-5-7-16)14-15-12-21-19(22-13-15)17-8-9-18(27-17)20(24)25-2/h3-9,12-13H,10-11,14H2,1-2H3. The minimum absolute atomic E-state index is 0.345. The van der Waals surface area contributed by atoms with E-state index >= 15 is 0 Å². The average Bonchev–Trinajstić information content (AvgIpc) is 3.19. The molecule has 6 nitrogen and oxygen atoms in total. The molecule has 7 heteroatoms. The number of nitrogens with zero attached hydrogens (tertiary/aromatic N) is 3. The third kappa shape index (κ3) is 5.35. The van der Waals surface area contributed by atoms with Gasteiger partial charge in [-0.2, -0.15) is 0 Å². The lowest BCUT2D eigenvalue weighted by Crippen LogP contribution is -2.24. The third-order valence-electron chi connectivity index (χ3n) is 3.86. The van der Waals surface area contributed by atoms with E-state index in [1.165, 1.54) is 18.4 Å². The van der Waals surface area contributed by atoms with Crippen LogP contribution in [0.2, 0.25) is 0 Å². The predicted octanol–water partition coefficient (Wildman–Crippen LogP) is 3.50. The summed E-state index contributed by atoms with van der Waals surface area (Å²) in [6.45, 7) is 2.14. The molecule has 0 spiro atoms. The van der Waals surface area contributed by atoms with Gasteiger partial charge in [-0.25, -0.2) is 14.8 Å². The molecule has 0 aliphatic heterocycles. The van der Waals surface area contributed by atoms with Crippen LogP contribution >= 0.6 is 11.3 Å². The maximum Gasteiger partial charge on any atom is 0.348 e. The van der Waals surface area contributed by atoms with Crippen molar-refractivity contribution in [1.29, 1.82) is 0 Å². The van der Waals surface area contributed by atoms with Crippen LogP contribution in [0.15, 0.2) is 54.9 Å². The number of carbonyl (C=O) groups is 1. The highest BCUT2D eigenvalue weighted by Gasteiger charge is 2.12. The number of ether oxygens (including phenoxy) is 2. The molecule has 2 aromatic heterocycles. The molecule has 0 bridgehead atoms. The van der Waals surface area contributed by atoms with Crippen LogP contribution < -0.4 is 4.74 Å². The summed E-state index contributed by atoms with van der Waals surface area (Å²) in [7, 11) is 3.40. The van der Waals surface area contributed by atoms with Gasteiger partial charge in [0.2, 0.25) is 0 Å². The number of benzene rings is 1. The van der Waals surface area contributed by atoms with Crippen LogP contribution in [-0.2, 0) is 11.3 Å². The van der Waals surface area contributed by atoms with Gasteiger partial charge in [0.05, 0.1) is 12.0 Å². The highest BCUT2D eigenvalue weighted by molar-refractivity contribution is 7.17. The smallest absolute Gasteiger partial charge is 0.348 e. The molecule has 0 aliphatic rings. The number of likely N-dealkylation sites (N-methyl/N-ethyl adjacent to an activating group) is 1. The fourth-order valence-electron chi connectivity index (χ4n) is 2.46. The van der Waals surface area contributed by atoms with Gasteiger partial charge in [0.1, 0.15) is 17.2 Å². The quantitative estimate of drug-likeness (QED) is 0.555. The number of esters is 1. The molecule has 2 heterocycles. The van der Waals surface area contributed by atoms with Crippen molar-refractivity contribution in [1.82, 2.24) is 14.9 Å². The number of para-hydroxylation sites is 1. The number of carbonyl (C=O) groups excluding carboxylic acids is 1. The molecule has 0 radical (unpaired) electrons. The Morgan fingerprint density at radius 3 is 2.56 bits per heavy atom. The first-order chi connectivity index (χ1) is 13.2. The van der Waals surface area contributed by atoms with Crippen LogP contribution in [0.5, 0.6) is 5.75 Å². The first-order valence-corrected chi connectivity index (χ1v) is 9.33. The van der Waals surface area contributed by atoms with E-state index in [1.807, 2.05) is 55.8 Å². The minimum Gasteiger partial charge on any atom is -0.492 e.